The van der Waals surface area contributed by atoms with Gasteiger partial charge in [0.25, 0.3) is 0 Å². The number of amides is 1. The van der Waals surface area contributed by atoms with Gasteiger partial charge in [0, 0.05) is 24.6 Å². The van der Waals surface area contributed by atoms with Gasteiger partial charge in [-0.25, -0.2) is 8.42 Å². The fraction of sp³-hybridized carbons (Fsp3) is 0.400. The van der Waals surface area contributed by atoms with E-state index >= 15 is 0 Å². The zero-order chi connectivity index (χ0) is 16.4. The van der Waals surface area contributed by atoms with Crippen LogP contribution in [-0.2, 0) is 14.6 Å². The number of nitrogens with zero attached hydrogens (tertiary/aromatic N) is 2. The molecule has 2 heterocycles. The smallest absolute Gasteiger partial charge is 0.224 e. The first-order valence-corrected chi connectivity index (χ1v) is 9.14. The molecule has 8 heteroatoms. The zero-order valence-corrected chi connectivity index (χ0v) is 13.5. The summed E-state index contributed by atoms with van der Waals surface area (Å²) < 4.78 is 27.8. The van der Waals surface area contributed by atoms with Crippen LogP contribution >= 0.6 is 0 Å². The molecule has 1 aliphatic heterocycles. The van der Waals surface area contributed by atoms with E-state index in [1.165, 1.54) is 0 Å². The Bertz CT molecular complexity index is 829. The lowest BCUT2D eigenvalue weighted by Crippen LogP contribution is -2.17. The predicted molar refractivity (Wildman–Crippen MR) is 84.5 cm³/mol. The fourth-order valence-electron chi connectivity index (χ4n) is 2.66. The molecule has 7 nitrogen and oxygen atoms in total. The van der Waals surface area contributed by atoms with Crippen LogP contribution in [0.25, 0.3) is 11.4 Å². The van der Waals surface area contributed by atoms with Crippen molar-refractivity contribution in [1.29, 1.82) is 0 Å². The predicted octanol–water partition coefficient (Wildman–Crippen LogP) is 1.81. The molecule has 1 amide bonds. The molecule has 122 valence electrons. The number of carbonyl (C=O) groups is 1. The molecule has 0 aliphatic carbocycles. The third kappa shape index (κ3) is 3.95. The van der Waals surface area contributed by atoms with E-state index in [4.69, 9.17) is 4.52 Å². The van der Waals surface area contributed by atoms with Crippen molar-refractivity contribution in [2.24, 2.45) is 5.92 Å². The Labute approximate surface area is 134 Å². The topological polar surface area (TPSA) is 102 Å². The first kappa shape index (κ1) is 15.7. The average molecular weight is 335 g/mol. The average Bonchev–Trinajstić information content (AvgIpc) is 3.05. The highest BCUT2D eigenvalue weighted by molar-refractivity contribution is 7.91. The van der Waals surface area contributed by atoms with Crippen LogP contribution in [-0.4, -0.2) is 36.0 Å². The highest BCUT2D eigenvalue weighted by Crippen LogP contribution is 2.23. The van der Waals surface area contributed by atoms with Crippen LogP contribution in [0.1, 0.15) is 18.7 Å². The summed E-state index contributed by atoms with van der Waals surface area (Å²) in [6.07, 6.45) is 0.767. The Morgan fingerprint density at radius 3 is 2.91 bits per heavy atom. The summed E-state index contributed by atoms with van der Waals surface area (Å²) in [6.45, 7) is 1.71. The maximum Gasteiger partial charge on any atom is 0.224 e. The standard InChI is InChI=1S/C15H17N3O4S/c1-10-16-15(18-22-10)12-3-2-4-13(8-12)17-14(19)7-11-5-6-23(20,21)9-11/h2-4,8,11H,5-7,9H2,1H3,(H,17,19). The van der Waals surface area contributed by atoms with Crippen LogP contribution in [0.15, 0.2) is 28.8 Å². The molecular weight excluding hydrogens is 318 g/mol. The highest BCUT2D eigenvalue weighted by atomic mass is 32.2. The second-order valence-electron chi connectivity index (χ2n) is 5.74. The number of benzene rings is 1. The summed E-state index contributed by atoms with van der Waals surface area (Å²) in [4.78, 5) is 16.2. The monoisotopic (exact) mass is 335 g/mol. The lowest BCUT2D eigenvalue weighted by Gasteiger charge is -2.09. The molecule has 0 radical (unpaired) electrons. The number of aromatic nitrogens is 2. The molecule has 1 fully saturated rings. The largest absolute Gasteiger partial charge is 0.339 e. The van der Waals surface area contributed by atoms with Crippen LogP contribution in [0, 0.1) is 12.8 Å². The summed E-state index contributed by atoms with van der Waals surface area (Å²) in [7, 11) is -2.96. The van der Waals surface area contributed by atoms with Crippen molar-refractivity contribution in [2.45, 2.75) is 19.8 Å². The van der Waals surface area contributed by atoms with E-state index < -0.39 is 9.84 Å². The van der Waals surface area contributed by atoms with Gasteiger partial charge in [-0.3, -0.25) is 4.79 Å². The van der Waals surface area contributed by atoms with Gasteiger partial charge in [-0.1, -0.05) is 17.3 Å². The van der Waals surface area contributed by atoms with Crippen LogP contribution in [0.2, 0.25) is 0 Å². The second kappa shape index (κ2) is 6.11. The van der Waals surface area contributed by atoms with Crippen LogP contribution < -0.4 is 5.32 Å². The minimum Gasteiger partial charge on any atom is -0.339 e. The summed E-state index contributed by atoms with van der Waals surface area (Å²) in [6, 6.07) is 7.13. The minimum absolute atomic E-state index is 0.0944. The molecule has 1 aliphatic rings. The molecule has 0 bridgehead atoms. The van der Waals surface area contributed by atoms with Crippen molar-refractivity contribution in [3.63, 3.8) is 0 Å². The molecule has 1 atom stereocenters. The Morgan fingerprint density at radius 1 is 1.43 bits per heavy atom. The maximum atomic E-state index is 12.1. The number of carbonyl (C=O) groups excluding carboxylic acids is 1. The van der Waals surface area contributed by atoms with E-state index in [1.54, 1.807) is 25.1 Å². The fourth-order valence-corrected chi connectivity index (χ4v) is 4.52. The van der Waals surface area contributed by atoms with E-state index in [0.717, 1.165) is 5.56 Å². The van der Waals surface area contributed by atoms with E-state index in [1.807, 2.05) is 6.07 Å². The van der Waals surface area contributed by atoms with E-state index in [2.05, 4.69) is 15.5 Å². The number of nitrogens with one attached hydrogen (secondary N) is 1. The normalized spacial score (nSPS) is 19.6. The van der Waals surface area contributed by atoms with Gasteiger partial charge < -0.3 is 9.84 Å². The summed E-state index contributed by atoms with van der Waals surface area (Å²) >= 11 is 0. The Hall–Kier alpha value is -2.22. The van der Waals surface area contributed by atoms with Crippen LogP contribution in [0.4, 0.5) is 5.69 Å². The van der Waals surface area contributed by atoms with Crippen molar-refractivity contribution in [3.05, 3.63) is 30.2 Å². The van der Waals surface area contributed by atoms with Crippen molar-refractivity contribution < 1.29 is 17.7 Å². The SMILES string of the molecule is Cc1nc(-c2cccc(NC(=O)CC3CCS(=O)(=O)C3)c2)no1. The number of rotatable bonds is 4. The molecule has 3 rings (SSSR count). The first-order chi connectivity index (χ1) is 10.9. The Balaban J connectivity index is 1.65. The molecule has 2 aromatic rings. The molecule has 1 saturated heterocycles. The summed E-state index contributed by atoms with van der Waals surface area (Å²) in [5.41, 5.74) is 1.36. The van der Waals surface area contributed by atoms with Crippen molar-refractivity contribution in [3.8, 4) is 11.4 Å². The number of hydrogen-bond donors (Lipinski definition) is 1. The third-order valence-electron chi connectivity index (χ3n) is 3.73. The summed E-state index contributed by atoms with van der Waals surface area (Å²) in [5.74, 6) is 0.925. The molecule has 1 aromatic heterocycles. The molecule has 1 unspecified atom stereocenters. The Morgan fingerprint density at radius 2 is 2.26 bits per heavy atom. The molecular formula is C15H17N3O4S. The van der Waals surface area contributed by atoms with Crippen LogP contribution in [0.5, 0.6) is 0 Å². The van der Waals surface area contributed by atoms with Gasteiger partial charge >= 0.3 is 0 Å². The quantitative estimate of drug-likeness (QED) is 0.914. The van der Waals surface area contributed by atoms with Crippen molar-refractivity contribution in [2.75, 3.05) is 16.8 Å². The van der Waals surface area contributed by atoms with Gasteiger partial charge in [0.05, 0.1) is 11.5 Å². The molecule has 1 N–H and O–H groups in total. The lowest BCUT2D eigenvalue weighted by atomic mass is 10.0. The van der Waals surface area contributed by atoms with Gasteiger partial charge in [0.15, 0.2) is 9.84 Å². The zero-order valence-electron chi connectivity index (χ0n) is 12.7. The van der Waals surface area contributed by atoms with E-state index in [-0.39, 0.29) is 29.8 Å². The van der Waals surface area contributed by atoms with Gasteiger partial charge in [-0.05, 0) is 24.5 Å². The molecule has 0 saturated carbocycles. The number of hydrogen-bond acceptors (Lipinski definition) is 6. The Kier molecular flexibility index (Phi) is 4.16. The van der Waals surface area contributed by atoms with Crippen molar-refractivity contribution >= 4 is 21.4 Å². The van der Waals surface area contributed by atoms with E-state index in [0.29, 0.717) is 23.8 Å². The van der Waals surface area contributed by atoms with Crippen molar-refractivity contribution in [1.82, 2.24) is 10.1 Å². The lowest BCUT2D eigenvalue weighted by molar-refractivity contribution is -0.116. The van der Waals surface area contributed by atoms with Crippen LogP contribution in [0.3, 0.4) is 0 Å². The summed E-state index contributed by atoms with van der Waals surface area (Å²) in [5, 5.41) is 6.63. The second-order valence-corrected chi connectivity index (χ2v) is 7.97. The molecule has 23 heavy (non-hydrogen) atoms. The minimum atomic E-state index is -2.96. The maximum absolute atomic E-state index is 12.1. The molecule has 1 aromatic carbocycles. The number of anilines is 1. The van der Waals surface area contributed by atoms with Gasteiger partial charge in [0.2, 0.25) is 17.6 Å². The van der Waals surface area contributed by atoms with Gasteiger partial charge in [0.1, 0.15) is 0 Å². The van der Waals surface area contributed by atoms with Gasteiger partial charge in [-0.15, -0.1) is 0 Å². The highest BCUT2D eigenvalue weighted by Gasteiger charge is 2.29. The number of sulfone groups is 1. The molecule has 0 spiro atoms. The van der Waals surface area contributed by atoms with Gasteiger partial charge in [-0.2, -0.15) is 4.98 Å². The first-order valence-electron chi connectivity index (χ1n) is 7.32. The third-order valence-corrected chi connectivity index (χ3v) is 5.57. The number of aryl methyl sites for hydroxylation is 1. The van der Waals surface area contributed by atoms with E-state index in [9.17, 15) is 13.2 Å².